The van der Waals surface area contributed by atoms with Crippen molar-refractivity contribution in [1.82, 2.24) is 16.0 Å². The maximum atomic E-state index is 12.9. The zero-order valence-corrected chi connectivity index (χ0v) is 25.3. The third-order valence-corrected chi connectivity index (χ3v) is 7.77. The van der Waals surface area contributed by atoms with Crippen LogP contribution in [0.5, 0.6) is 0 Å². The minimum absolute atomic E-state index is 0.0292. The molecule has 4 unspecified atom stereocenters. The number of unbranched alkanes of at least 4 members (excludes halogenated alkanes) is 12. The minimum atomic E-state index is -1.61. The number of aliphatic hydroxyl groups excluding tert-OH is 4. The summed E-state index contributed by atoms with van der Waals surface area (Å²) in [6, 6.07) is -4.22. The quantitative estimate of drug-likeness (QED) is 0.0624. The first-order chi connectivity index (χ1) is 19.7. The molecule has 0 aliphatic carbocycles. The van der Waals surface area contributed by atoms with Gasteiger partial charge in [-0.1, -0.05) is 84.0 Å². The Bertz CT molecular complexity index is 730. The van der Waals surface area contributed by atoms with Crippen molar-refractivity contribution in [2.45, 2.75) is 121 Å². The summed E-state index contributed by atoms with van der Waals surface area (Å²) in [7, 11) is 0. The van der Waals surface area contributed by atoms with Crippen LogP contribution in [0.3, 0.4) is 0 Å². The van der Waals surface area contributed by atoms with Crippen molar-refractivity contribution in [3.05, 3.63) is 0 Å². The Hall–Kier alpha value is -1.93. The van der Waals surface area contributed by atoms with Gasteiger partial charge in [0.2, 0.25) is 17.7 Å². The molecule has 0 saturated carbocycles. The first kappa shape index (κ1) is 39.1. The second-order valence-electron chi connectivity index (χ2n) is 10.3. The fraction of sp³-hybridized carbons (Fsp3) is 0.857. The van der Waals surface area contributed by atoms with E-state index in [1.165, 1.54) is 57.8 Å². The number of hydrogen-bond donors (Lipinski definition) is 8. The largest absolute Gasteiger partial charge is 0.480 e. The number of carboxylic acids is 1. The van der Waals surface area contributed by atoms with Gasteiger partial charge in [0, 0.05) is 17.9 Å². The lowest BCUT2D eigenvalue weighted by atomic mass is 10.0. The summed E-state index contributed by atoms with van der Waals surface area (Å²) < 4.78 is 0. The van der Waals surface area contributed by atoms with Crippen molar-refractivity contribution in [2.75, 3.05) is 31.3 Å². The maximum Gasteiger partial charge on any atom is 0.328 e. The Morgan fingerprint density at radius 3 is 1.54 bits per heavy atom. The summed E-state index contributed by atoms with van der Waals surface area (Å²) in [5.41, 5.74) is 0. The van der Waals surface area contributed by atoms with Gasteiger partial charge in [0.15, 0.2) is 0 Å². The highest BCUT2D eigenvalue weighted by molar-refractivity contribution is 7.99. The molecule has 12 nitrogen and oxygen atoms in total. The number of carbonyl (C=O) groups is 4. The number of carboxylic acid groups (broad SMARTS) is 1. The molecule has 0 aliphatic heterocycles. The average molecular weight is 608 g/mol. The highest BCUT2D eigenvalue weighted by Crippen LogP contribution is 2.13. The molecule has 0 bridgehead atoms. The number of aliphatic hydroxyl groups is 4. The number of carbonyl (C=O) groups excluding carboxylic acids is 3. The maximum absolute atomic E-state index is 12.9. The van der Waals surface area contributed by atoms with Crippen molar-refractivity contribution in [1.29, 1.82) is 0 Å². The molecule has 0 aromatic carbocycles. The van der Waals surface area contributed by atoms with Crippen molar-refractivity contribution in [2.24, 2.45) is 0 Å². The second-order valence-corrected chi connectivity index (χ2v) is 11.4. The van der Waals surface area contributed by atoms with E-state index in [1.54, 1.807) is 0 Å². The van der Waals surface area contributed by atoms with E-state index < -0.39 is 61.8 Å². The van der Waals surface area contributed by atoms with E-state index in [2.05, 4.69) is 17.6 Å². The van der Waals surface area contributed by atoms with E-state index in [-0.39, 0.29) is 23.8 Å². The molecule has 0 heterocycles. The molecule has 8 N–H and O–H groups in total. The van der Waals surface area contributed by atoms with E-state index in [1.807, 2.05) is 5.32 Å². The van der Waals surface area contributed by atoms with Gasteiger partial charge in [-0.05, 0) is 6.42 Å². The van der Waals surface area contributed by atoms with Gasteiger partial charge >= 0.3 is 5.97 Å². The monoisotopic (exact) mass is 607 g/mol. The zero-order valence-electron chi connectivity index (χ0n) is 24.5. The van der Waals surface area contributed by atoms with Crippen LogP contribution < -0.4 is 16.0 Å². The lowest BCUT2D eigenvalue weighted by Gasteiger charge is -2.23. The predicted octanol–water partition coefficient (Wildman–Crippen LogP) is 1.08. The van der Waals surface area contributed by atoms with E-state index in [0.717, 1.165) is 31.0 Å². The Labute approximate surface area is 248 Å². The summed E-state index contributed by atoms with van der Waals surface area (Å²) in [4.78, 5) is 48.8. The van der Waals surface area contributed by atoms with Gasteiger partial charge in [-0.3, -0.25) is 14.4 Å². The molecule has 41 heavy (non-hydrogen) atoms. The zero-order chi connectivity index (χ0) is 30.9. The van der Waals surface area contributed by atoms with Crippen LogP contribution in [0.15, 0.2) is 0 Å². The van der Waals surface area contributed by atoms with Crippen molar-refractivity contribution in [3.63, 3.8) is 0 Å². The molecule has 0 rings (SSSR count). The van der Waals surface area contributed by atoms with Gasteiger partial charge < -0.3 is 41.5 Å². The fourth-order valence-electron chi connectivity index (χ4n) is 4.05. The highest BCUT2D eigenvalue weighted by Gasteiger charge is 2.29. The topological polar surface area (TPSA) is 206 Å². The lowest BCUT2D eigenvalue weighted by Crippen LogP contribution is -2.58. The number of nitrogens with one attached hydrogen (secondary N) is 3. The lowest BCUT2D eigenvalue weighted by molar-refractivity contribution is -0.143. The smallest absolute Gasteiger partial charge is 0.328 e. The van der Waals surface area contributed by atoms with Crippen LogP contribution in [0.1, 0.15) is 96.8 Å². The molecule has 4 atom stereocenters. The normalized spacial score (nSPS) is 14.1. The Balaban J connectivity index is 4.59. The molecular formula is C28H53N3O9S. The van der Waals surface area contributed by atoms with Gasteiger partial charge in [0.1, 0.15) is 18.1 Å². The third kappa shape index (κ3) is 20.6. The molecule has 0 aromatic rings. The van der Waals surface area contributed by atoms with Crippen LogP contribution >= 0.6 is 11.8 Å². The summed E-state index contributed by atoms with van der Waals surface area (Å²) >= 11 is 1.11. The first-order valence-corrected chi connectivity index (χ1v) is 16.1. The molecular weight excluding hydrogens is 554 g/mol. The van der Waals surface area contributed by atoms with E-state index in [9.17, 15) is 29.4 Å². The summed E-state index contributed by atoms with van der Waals surface area (Å²) in [6.07, 6.45) is 14.5. The number of thioether (sulfide) groups is 1. The molecule has 0 saturated heterocycles. The van der Waals surface area contributed by atoms with Gasteiger partial charge in [-0.2, -0.15) is 11.8 Å². The Morgan fingerprint density at radius 2 is 1.07 bits per heavy atom. The van der Waals surface area contributed by atoms with Crippen molar-refractivity contribution < 1.29 is 44.7 Å². The van der Waals surface area contributed by atoms with Crippen LogP contribution in [-0.2, 0) is 19.2 Å². The van der Waals surface area contributed by atoms with Gasteiger partial charge in [-0.25, -0.2) is 4.79 Å². The number of aliphatic carboxylic acids is 1. The third-order valence-electron chi connectivity index (χ3n) is 6.58. The minimum Gasteiger partial charge on any atom is -0.480 e. The summed E-state index contributed by atoms with van der Waals surface area (Å²) in [6.45, 7) is 0.0383. The van der Waals surface area contributed by atoms with E-state index in [0.29, 0.717) is 6.42 Å². The van der Waals surface area contributed by atoms with Crippen LogP contribution in [-0.4, -0.2) is 105 Å². The second kappa shape index (κ2) is 25.8. The van der Waals surface area contributed by atoms with Crippen molar-refractivity contribution >= 4 is 35.5 Å². The molecule has 0 fully saturated rings. The highest BCUT2D eigenvalue weighted by atomic mass is 32.2. The fourth-order valence-corrected chi connectivity index (χ4v) is 5.04. The molecule has 0 aromatic heterocycles. The first-order valence-electron chi connectivity index (χ1n) is 14.9. The SMILES string of the molecule is CCCCCCCCCCCCCCCC(=O)NC(CSCC(O)CO)C(=O)NC(CO)C(=O)NC(CO)C(=O)O. The Morgan fingerprint density at radius 1 is 0.610 bits per heavy atom. The van der Waals surface area contributed by atoms with Crippen LogP contribution in [0.25, 0.3) is 0 Å². The number of hydrogen-bond acceptors (Lipinski definition) is 9. The van der Waals surface area contributed by atoms with Gasteiger partial charge in [0.25, 0.3) is 0 Å². The van der Waals surface area contributed by atoms with E-state index >= 15 is 0 Å². The van der Waals surface area contributed by atoms with Crippen LogP contribution in [0.4, 0.5) is 0 Å². The molecule has 13 heteroatoms. The molecule has 0 aliphatic rings. The molecule has 0 spiro atoms. The number of amides is 3. The molecule has 3 amide bonds. The predicted molar refractivity (Wildman–Crippen MR) is 158 cm³/mol. The van der Waals surface area contributed by atoms with Gasteiger partial charge in [-0.15, -0.1) is 0 Å². The Kier molecular flexibility index (Phi) is 24.5. The van der Waals surface area contributed by atoms with E-state index in [4.69, 9.17) is 15.3 Å². The van der Waals surface area contributed by atoms with Crippen LogP contribution in [0.2, 0.25) is 0 Å². The summed E-state index contributed by atoms with van der Waals surface area (Å²) in [5.74, 6) is -3.49. The van der Waals surface area contributed by atoms with Crippen molar-refractivity contribution in [3.8, 4) is 0 Å². The molecule has 240 valence electrons. The average Bonchev–Trinajstić information content (AvgIpc) is 2.95. The van der Waals surface area contributed by atoms with Crippen LogP contribution in [0, 0.1) is 0 Å². The van der Waals surface area contributed by atoms with Gasteiger partial charge in [0.05, 0.1) is 25.9 Å². The molecule has 0 radical (unpaired) electrons. The summed E-state index contributed by atoms with van der Waals surface area (Å²) in [5, 5.41) is 53.2. The number of rotatable bonds is 27. The standard InChI is InChI=1S/C28H53N3O9S/c1-2-3-4-5-6-7-8-9-10-11-12-13-14-15-25(36)29-24(20-41-19-21(35)16-32)27(38)30-22(17-33)26(37)31-23(18-34)28(39)40/h21-24,32-35H,2-20H2,1H3,(H,29,36)(H,30,38)(H,31,37)(H,39,40).